The number of fused-ring (bicyclic) bond motifs is 1. The molecule has 5 aromatic rings. The SMILES string of the molecule is CCn1nnc([C@H]2O[C@@H](n3cnc4c(NCC(c5ccccc5)c5ccccc5)nc(N5CC[C@H](N(C)C)C5)nc43)[C@H](O)[C@@H]2O)n1. The maximum Gasteiger partial charge on any atom is 0.229 e. The van der Waals surface area contributed by atoms with Gasteiger partial charge in [0, 0.05) is 31.6 Å². The van der Waals surface area contributed by atoms with Crippen LogP contribution in [-0.4, -0.2) is 107 Å². The summed E-state index contributed by atoms with van der Waals surface area (Å²) in [7, 11) is 4.17. The second-order valence-electron chi connectivity index (χ2n) is 12.1. The van der Waals surface area contributed by atoms with E-state index in [-0.39, 0.29) is 11.7 Å². The lowest BCUT2D eigenvalue weighted by atomic mass is 9.91. The Morgan fingerprint density at radius 1 is 1.00 bits per heavy atom. The smallest absolute Gasteiger partial charge is 0.229 e. The number of nitrogens with zero attached hydrogens (tertiary/aromatic N) is 10. The van der Waals surface area contributed by atoms with Crippen molar-refractivity contribution in [3.63, 3.8) is 0 Å². The number of hydrogen-bond acceptors (Lipinski definition) is 12. The predicted octanol–water partition coefficient (Wildman–Crippen LogP) is 2.21. The van der Waals surface area contributed by atoms with Crippen molar-refractivity contribution in [1.29, 1.82) is 0 Å². The van der Waals surface area contributed by atoms with Gasteiger partial charge in [0.1, 0.15) is 12.2 Å². The predicted molar refractivity (Wildman–Crippen MR) is 171 cm³/mol. The van der Waals surface area contributed by atoms with Crippen molar-refractivity contribution >= 4 is 22.9 Å². The summed E-state index contributed by atoms with van der Waals surface area (Å²) in [5.41, 5.74) is 3.39. The third-order valence-corrected chi connectivity index (χ3v) is 8.98. The molecule has 46 heavy (non-hydrogen) atoms. The van der Waals surface area contributed by atoms with Gasteiger partial charge in [0.15, 0.2) is 29.3 Å². The molecule has 2 aromatic carbocycles. The number of imidazole rings is 1. The largest absolute Gasteiger partial charge is 0.387 e. The van der Waals surface area contributed by atoms with Gasteiger partial charge in [-0.15, -0.1) is 10.2 Å². The van der Waals surface area contributed by atoms with Gasteiger partial charge in [-0.25, -0.2) is 4.98 Å². The fourth-order valence-electron chi connectivity index (χ4n) is 6.30. The molecule has 7 rings (SSSR count). The molecular weight excluding hydrogens is 586 g/mol. The fraction of sp³-hybridized carbons (Fsp3) is 0.438. The summed E-state index contributed by atoms with van der Waals surface area (Å²) < 4.78 is 7.86. The molecule has 0 amide bonds. The van der Waals surface area contributed by atoms with Crippen molar-refractivity contribution in [2.75, 3.05) is 43.9 Å². The van der Waals surface area contributed by atoms with Crippen molar-refractivity contribution in [2.45, 2.75) is 56.4 Å². The number of aliphatic hydroxyl groups excluding tert-OH is 2. The standard InChI is InChI=1S/C32H39N11O3/c1-4-43-38-29(37-39-43)27-25(44)26(45)31(46-27)42-19-34-24-28(35-32(36-30(24)42)41-16-15-22(18-41)40(2)3)33-17-23(20-11-7-5-8-12-20)21-13-9-6-10-14-21/h5-14,19,22-23,25-27,31,44-45H,4,15-18H2,1-3H3,(H,33,35,36)/t22-,25-,26+,27-,31+/m0/s1. The zero-order valence-electron chi connectivity index (χ0n) is 26.1. The minimum atomic E-state index is -1.28. The number of nitrogens with one attached hydrogen (secondary N) is 1. The molecule has 3 aromatic heterocycles. The zero-order valence-corrected chi connectivity index (χ0v) is 26.1. The number of anilines is 2. The molecule has 0 aliphatic carbocycles. The van der Waals surface area contributed by atoms with E-state index in [9.17, 15) is 10.2 Å². The number of likely N-dealkylation sites (N-methyl/N-ethyl adjacent to an activating group) is 1. The van der Waals surface area contributed by atoms with Crippen LogP contribution in [0.5, 0.6) is 0 Å². The van der Waals surface area contributed by atoms with Crippen molar-refractivity contribution < 1.29 is 14.9 Å². The van der Waals surface area contributed by atoms with E-state index in [1.807, 2.05) is 19.1 Å². The van der Waals surface area contributed by atoms with Crippen LogP contribution in [0.15, 0.2) is 67.0 Å². The Kier molecular flexibility index (Phi) is 8.34. The highest BCUT2D eigenvalue weighted by atomic mass is 16.6. The Morgan fingerprint density at radius 2 is 1.72 bits per heavy atom. The Morgan fingerprint density at radius 3 is 2.35 bits per heavy atom. The first kappa shape index (κ1) is 30.2. The molecule has 0 saturated carbocycles. The van der Waals surface area contributed by atoms with Crippen LogP contribution in [0.2, 0.25) is 0 Å². The molecule has 2 aliphatic heterocycles. The van der Waals surface area contributed by atoms with E-state index in [0.717, 1.165) is 19.5 Å². The number of ether oxygens (including phenoxy) is 1. The Labute approximate surface area is 266 Å². The topological polar surface area (TPSA) is 155 Å². The molecule has 0 unspecified atom stereocenters. The van der Waals surface area contributed by atoms with E-state index in [1.54, 1.807) is 10.9 Å². The summed E-state index contributed by atoms with van der Waals surface area (Å²) in [6.07, 6.45) is -1.93. The van der Waals surface area contributed by atoms with Gasteiger partial charge >= 0.3 is 0 Å². The van der Waals surface area contributed by atoms with Crippen LogP contribution < -0.4 is 10.2 Å². The Balaban J connectivity index is 1.25. The van der Waals surface area contributed by atoms with Crippen molar-refractivity contribution in [3.8, 4) is 0 Å². The third-order valence-electron chi connectivity index (χ3n) is 8.98. The van der Waals surface area contributed by atoms with Gasteiger partial charge in [0.2, 0.25) is 11.8 Å². The first-order chi connectivity index (χ1) is 22.4. The normalized spacial score (nSPS) is 23.3. The quantitative estimate of drug-likeness (QED) is 0.208. The van der Waals surface area contributed by atoms with E-state index >= 15 is 0 Å². The second kappa shape index (κ2) is 12.7. The van der Waals surface area contributed by atoms with E-state index in [2.05, 4.69) is 93.2 Å². The number of aryl methyl sites for hydroxylation is 1. The van der Waals surface area contributed by atoms with Crippen LogP contribution in [0.3, 0.4) is 0 Å². The second-order valence-corrected chi connectivity index (χ2v) is 12.1. The molecule has 14 nitrogen and oxygen atoms in total. The third kappa shape index (κ3) is 5.68. The number of rotatable bonds is 10. The lowest BCUT2D eigenvalue weighted by Gasteiger charge is -2.23. The van der Waals surface area contributed by atoms with Gasteiger partial charge in [-0.1, -0.05) is 60.7 Å². The van der Waals surface area contributed by atoms with Gasteiger partial charge < -0.3 is 30.1 Å². The number of aliphatic hydroxyl groups is 2. The number of tetrazole rings is 1. The molecule has 0 spiro atoms. The van der Waals surface area contributed by atoms with Crippen molar-refractivity contribution in [1.82, 2.24) is 44.6 Å². The molecule has 240 valence electrons. The van der Waals surface area contributed by atoms with Gasteiger partial charge in [-0.05, 0) is 43.8 Å². The van der Waals surface area contributed by atoms with E-state index < -0.39 is 24.5 Å². The van der Waals surface area contributed by atoms with Gasteiger partial charge in [0.25, 0.3) is 0 Å². The summed E-state index contributed by atoms with van der Waals surface area (Å²) in [4.78, 5) is 20.5. The van der Waals surface area contributed by atoms with Crippen molar-refractivity contribution in [3.05, 3.63) is 83.9 Å². The summed E-state index contributed by atoms with van der Waals surface area (Å²) in [5, 5.41) is 38.1. The highest BCUT2D eigenvalue weighted by Crippen LogP contribution is 2.39. The molecule has 3 N–H and O–H groups in total. The number of hydrogen-bond donors (Lipinski definition) is 3. The zero-order chi connectivity index (χ0) is 31.8. The van der Waals surface area contributed by atoms with Crippen LogP contribution in [0.1, 0.15) is 48.5 Å². The van der Waals surface area contributed by atoms with E-state index in [4.69, 9.17) is 19.7 Å². The first-order valence-corrected chi connectivity index (χ1v) is 15.7. The number of aromatic nitrogens is 8. The average molecular weight is 626 g/mol. The van der Waals surface area contributed by atoms with Crippen LogP contribution in [-0.2, 0) is 11.3 Å². The summed E-state index contributed by atoms with van der Waals surface area (Å²) in [6.45, 7) is 4.56. The molecule has 2 fully saturated rings. The molecule has 5 atom stereocenters. The maximum atomic E-state index is 11.2. The lowest BCUT2D eigenvalue weighted by molar-refractivity contribution is -0.0384. The van der Waals surface area contributed by atoms with Crippen LogP contribution >= 0.6 is 0 Å². The highest BCUT2D eigenvalue weighted by Gasteiger charge is 2.47. The van der Waals surface area contributed by atoms with Gasteiger partial charge in [-0.2, -0.15) is 14.8 Å². The highest BCUT2D eigenvalue weighted by molar-refractivity contribution is 5.84. The maximum absolute atomic E-state index is 11.2. The molecule has 14 heteroatoms. The monoisotopic (exact) mass is 625 g/mol. The molecule has 2 aliphatic rings. The van der Waals surface area contributed by atoms with Crippen LogP contribution in [0.4, 0.5) is 11.8 Å². The molecule has 0 bridgehead atoms. The molecule has 2 saturated heterocycles. The van der Waals surface area contributed by atoms with Gasteiger partial charge in [0.05, 0.1) is 12.9 Å². The summed E-state index contributed by atoms with van der Waals surface area (Å²) in [5.74, 6) is 1.41. The Hall–Kier alpha value is -4.50. The molecular formula is C32H39N11O3. The van der Waals surface area contributed by atoms with Crippen LogP contribution in [0.25, 0.3) is 11.2 Å². The van der Waals surface area contributed by atoms with Crippen molar-refractivity contribution in [2.24, 2.45) is 0 Å². The first-order valence-electron chi connectivity index (χ1n) is 15.7. The van der Waals surface area contributed by atoms with E-state index in [0.29, 0.717) is 42.1 Å². The molecule has 5 heterocycles. The lowest BCUT2D eigenvalue weighted by Crippen LogP contribution is -2.32. The minimum Gasteiger partial charge on any atom is -0.387 e. The Bertz CT molecular complexity index is 1720. The van der Waals surface area contributed by atoms with Crippen LogP contribution in [0, 0.1) is 0 Å². The van der Waals surface area contributed by atoms with Gasteiger partial charge in [-0.3, -0.25) is 4.57 Å². The average Bonchev–Trinajstić information content (AvgIpc) is 3.89. The molecule has 0 radical (unpaired) electrons. The fourth-order valence-corrected chi connectivity index (χ4v) is 6.30. The van der Waals surface area contributed by atoms with E-state index in [1.165, 1.54) is 15.9 Å². The summed E-state index contributed by atoms with van der Waals surface area (Å²) >= 11 is 0. The number of benzene rings is 2. The summed E-state index contributed by atoms with van der Waals surface area (Å²) in [6, 6.07) is 21.2. The minimum absolute atomic E-state index is 0.0581.